The van der Waals surface area contributed by atoms with Gasteiger partial charge in [-0.1, -0.05) is 17.7 Å². The summed E-state index contributed by atoms with van der Waals surface area (Å²) in [5.74, 6) is 0. The maximum absolute atomic E-state index is 10.1. The van der Waals surface area contributed by atoms with Gasteiger partial charge in [0.25, 0.3) is 0 Å². The van der Waals surface area contributed by atoms with Crippen molar-refractivity contribution in [2.75, 3.05) is 0 Å². The number of hydrogen-bond acceptors (Lipinski definition) is 2. The minimum Gasteiger partial charge on any atom is -0.388 e. The molecule has 0 saturated heterocycles. The molecule has 1 aromatic carbocycles. The van der Waals surface area contributed by atoms with E-state index in [4.69, 9.17) is 11.6 Å². The fourth-order valence-electron chi connectivity index (χ4n) is 1.49. The Morgan fingerprint density at radius 3 is 2.65 bits per heavy atom. The number of benzene rings is 1. The highest BCUT2D eigenvalue weighted by Gasteiger charge is 2.11. The van der Waals surface area contributed by atoms with Gasteiger partial charge in [0, 0.05) is 25.6 Å². The van der Waals surface area contributed by atoms with E-state index in [1.165, 1.54) is 0 Å². The third-order valence-corrected chi connectivity index (χ3v) is 5.30. The Balaban J connectivity index is 2.14. The molecule has 17 heavy (non-hydrogen) atoms. The van der Waals surface area contributed by atoms with Crippen LogP contribution in [0.4, 0.5) is 0 Å². The third-order valence-electron chi connectivity index (χ3n) is 2.34. The molecule has 0 aliphatic rings. The summed E-state index contributed by atoms with van der Waals surface area (Å²) in [5, 5.41) is 12.7. The van der Waals surface area contributed by atoms with Crippen LogP contribution in [0.3, 0.4) is 0 Å². The maximum Gasteiger partial charge on any atom is 0.0838 e. The van der Waals surface area contributed by atoms with Gasteiger partial charge in [0.2, 0.25) is 0 Å². The maximum atomic E-state index is 10.1. The number of hydrogen-bond donors (Lipinski definition) is 1. The first-order chi connectivity index (χ1) is 8.06. The van der Waals surface area contributed by atoms with Crippen LogP contribution in [0.15, 0.2) is 38.6 Å². The van der Waals surface area contributed by atoms with Crippen molar-refractivity contribution in [2.24, 2.45) is 0 Å². The van der Waals surface area contributed by atoms with Crippen molar-refractivity contribution in [3.8, 4) is 0 Å². The molecule has 2 aromatic rings. The Hall–Kier alpha value is 0.130. The highest BCUT2D eigenvalue weighted by atomic mass is 79.9. The van der Waals surface area contributed by atoms with Gasteiger partial charge in [-0.3, -0.25) is 0 Å². The minimum atomic E-state index is -0.522. The Labute approximate surface area is 126 Å². The molecule has 0 amide bonds. The predicted octanol–water partition coefficient (Wildman–Crippen LogP) is 5.20. The molecule has 1 N–H and O–H groups in total. The standard InChI is InChI=1S/C12H9Br2ClOS/c13-8-4-9(17-6-8)5-12(16)7-1-2-10(14)11(15)3-7/h1-4,6,12,16H,5H2. The highest BCUT2D eigenvalue weighted by Crippen LogP contribution is 2.29. The molecule has 0 bridgehead atoms. The zero-order valence-corrected chi connectivity index (χ0v) is 13.4. The molecule has 5 heteroatoms. The third kappa shape index (κ3) is 3.55. The first kappa shape index (κ1) is 13.6. The van der Waals surface area contributed by atoms with Crippen molar-refractivity contribution < 1.29 is 5.11 Å². The molecule has 0 aliphatic heterocycles. The largest absolute Gasteiger partial charge is 0.388 e. The van der Waals surface area contributed by atoms with E-state index in [1.54, 1.807) is 17.4 Å². The second kappa shape index (κ2) is 5.85. The average molecular weight is 397 g/mol. The van der Waals surface area contributed by atoms with Crippen LogP contribution in [0.2, 0.25) is 5.02 Å². The normalized spacial score (nSPS) is 12.7. The van der Waals surface area contributed by atoms with Gasteiger partial charge in [0.05, 0.1) is 11.1 Å². The Bertz CT molecular complexity index is 527. The molecule has 2 rings (SSSR count). The van der Waals surface area contributed by atoms with E-state index in [1.807, 2.05) is 23.6 Å². The van der Waals surface area contributed by atoms with Gasteiger partial charge < -0.3 is 5.11 Å². The van der Waals surface area contributed by atoms with Crippen LogP contribution in [0.25, 0.3) is 0 Å². The minimum absolute atomic E-state index is 0.522. The number of aliphatic hydroxyl groups excluding tert-OH is 1. The second-order valence-corrected chi connectivity index (χ2v) is 6.80. The number of rotatable bonds is 3. The summed E-state index contributed by atoms with van der Waals surface area (Å²) in [7, 11) is 0. The molecule has 0 aliphatic carbocycles. The van der Waals surface area contributed by atoms with Crippen LogP contribution < -0.4 is 0 Å². The van der Waals surface area contributed by atoms with E-state index in [0.717, 1.165) is 19.4 Å². The summed E-state index contributed by atoms with van der Waals surface area (Å²) in [6.07, 6.45) is 0.0833. The molecule has 90 valence electrons. The van der Waals surface area contributed by atoms with Crippen molar-refractivity contribution in [3.05, 3.63) is 54.1 Å². The monoisotopic (exact) mass is 394 g/mol. The topological polar surface area (TPSA) is 20.2 Å². The summed E-state index contributed by atoms with van der Waals surface area (Å²) >= 11 is 14.4. The molecule has 1 nitrogen and oxygen atoms in total. The molecular weight excluding hydrogens is 387 g/mol. The molecule has 0 radical (unpaired) electrons. The lowest BCUT2D eigenvalue weighted by Gasteiger charge is -2.10. The zero-order chi connectivity index (χ0) is 12.4. The first-order valence-electron chi connectivity index (χ1n) is 4.92. The smallest absolute Gasteiger partial charge is 0.0838 e. The molecular formula is C12H9Br2ClOS. The van der Waals surface area contributed by atoms with Gasteiger partial charge >= 0.3 is 0 Å². The van der Waals surface area contributed by atoms with E-state index in [0.29, 0.717) is 11.4 Å². The van der Waals surface area contributed by atoms with Crippen LogP contribution >= 0.6 is 54.8 Å². The van der Waals surface area contributed by atoms with Crippen molar-refractivity contribution in [3.63, 3.8) is 0 Å². The fraction of sp³-hybridized carbons (Fsp3) is 0.167. The van der Waals surface area contributed by atoms with E-state index in [-0.39, 0.29) is 0 Å². The molecule has 1 unspecified atom stereocenters. The number of halogens is 3. The molecule has 0 saturated carbocycles. The predicted molar refractivity (Wildman–Crippen MR) is 79.8 cm³/mol. The fourth-order valence-corrected chi connectivity index (χ4v) is 3.41. The first-order valence-corrected chi connectivity index (χ1v) is 7.76. The van der Waals surface area contributed by atoms with Crippen LogP contribution in [-0.2, 0) is 6.42 Å². The van der Waals surface area contributed by atoms with E-state index in [2.05, 4.69) is 31.9 Å². The van der Waals surface area contributed by atoms with E-state index < -0.39 is 6.10 Å². The van der Waals surface area contributed by atoms with Crippen LogP contribution in [0, 0.1) is 0 Å². The lowest BCUT2D eigenvalue weighted by atomic mass is 10.1. The van der Waals surface area contributed by atoms with Crippen molar-refractivity contribution >= 4 is 54.8 Å². The summed E-state index contributed by atoms with van der Waals surface area (Å²) in [5.41, 5.74) is 0.836. The highest BCUT2D eigenvalue weighted by molar-refractivity contribution is 9.10. The van der Waals surface area contributed by atoms with Gasteiger partial charge in [-0.25, -0.2) is 0 Å². The zero-order valence-electron chi connectivity index (χ0n) is 8.66. The van der Waals surface area contributed by atoms with E-state index >= 15 is 0 Å². The van der Waals surface area contributed by atoms with Gasteiger partial charge in [0.15, 0.2) is 0 Å². The average Bonchev–Trinajstić information content (AvgIpc) is 2.68. The lowest BCUT2D eigenvalue weighted by molar-refractivity contribution is 0.179. The number of thiophene rings is 1. The SMILES string of the molecule is OC(Cc1cc(Br)cs1)c1ccc(Br)c(Cl)c1. The van der Waals surface area contributed by atoms with Crippen LogP contribution in [-0.4, -0.2) is 5.11 Å². The number of aliphatic hydroxyl groups is 1. The molecule has 0 fully saturated rings. The summed E-state index contributed by atoms with van der Waals surface area (Å²) in [6.45, 7) is 0. The second-order valence-electron chi connectivity index (χ2n) is 3.62. The van der Waals surface area contributed by atoms with Crippen molar-refractivity contribution in [1.29, 1.82) is 0 Å². The molecule has 1 heterocycles. The Morgan fingerprint density at radius 1 is 1.29 bits per heavy atom. The van der Waals surface area contributed by atoms with E-state index in [9.17, 15) is 5.11 Å². The van der Waals surface area contributed by atoms with Gasteiger partial charge in [0.1, 0.15) is 0 Å². The lowest BCUT2D eigenvalue weighted by Crippen LogP contribution is -2.00. The van der Waals surface area contributed by atoms with Gasteiger partial charge in [-0.15, -0.1) is 11.3 Å². The summed E-state index contributed by atoms with van der Waals surface area (Å²) in [4.78, 5) is 1.14. The van der Waals surface area contributed by atoms with Crippen LogP contribution in [0.5, 0.6) is 0 Å². The molecule has 1 aromatic heterocycles. The van der Waals surface area contributed by atoms with Crippen molar-refractivity contribution in [1.82, 2.24) is 0 Å². The summed E-state index contributed by atoms with van der Waals surface area (Å²) in [6, 6.07) is 7.54. The Kier molecular flexibility index (Phi) is 4.66. The molecule has 0 spiro atoms. The van der Waals surface area contributed by atoms with Crippen molar-refractivity contribution in [2.45, 2.75) is 12.5 Å². The quantitative estimate of drug-likeness (QED) is 0.756. The Morgan fingerprint density at radius 2 is 2.06 bits per heavy atom. The summed E-state index contributed by atoms with van der Waals surface area (Å²) < 4.78 is 1.90. The molecule has 1 atom stereocenters. The van der Waals surface area contributed by atoms with Gasteiger partial charge in [-0.2, -0.15) is 0 Å². The van der Waals surface area contributed by atoms with Gasteiger partial charge in [-0.05, 0) is 55.6 Å². The van der Waals surface area contributed by atoms with Crippen LogP contribution in [0.1, 0.15) is 16.5 Å².